The van der Waals surface area contributed by atoms with E-state index in [0.717, 1.165) is 24.8 Å². The molecule has 0 bridgehead atoms. The van der Waals surface area contributed by atoms with Gasteiger partial charge in [0, 0.05) is 25.4 Å². The average Bonchev–Trinajstić information content (AvgIpc) is 3.16. The van der Waals surface area contributed by atoms with Gasteiger partial charge in [0.1, 0.15) is 17.6 Å². The monoisotopic (exact) mass is 366 g/mol. The van der Waals surface area contributed by atoms with E-state index in [1.54, 1.807) is 35.6 Å². The van der Waals surface area contributed by atoms with Gasteiger partial charge in [-0.3, -0.25) is 4.79 Å². The zero-order chi connectivity index (χ0) is 18.6. The third-order valence-electron chi connectivity index (χ3n) is 4.64. The zero-order valence-corrected chi connectivity index (χ0v) is 14.7. The third-order valence-corrected chi connectivity index (χ3v) is 4.64. The number of likely N-dealkylation sites (tertiary alicyclic amines) is 1. The van der Waals surface area contributed by atoms with E-state index in [2.05, 4.69) is 15.0 Å². The first-order valence-corrected chi connectivity index (χ1v) is 8.98. The number of nitrogens with zero attached hydrogens (tertiary/aromatic N) is 4. The average molecular weight is 366 g/mol. The number of amides is 1. The van der Waals surface area contributed by atoms with Crippen molar-refractivity contribution < 1.29 is 13.6 Å². The predicted octanol–water partition coefficient (Wildman–Crippen LogP) is 3.56. The molecule has 0 unspecified atom stereocenters. The van der Waals surface area contributed by atoms with Crippen LogP contribution in [-0.2, 0) is 6.42 Å². The topological polar surface area (TPSA) is 72.1 Å². The zero-order valence-electron chi connectivity index (χ0n) is 14.7. The summed E-state index contributed by atoms with van der Waals surface area (Å²) >= 11 is 0. The number of halogens is 1. The second-order valence-corrected chi connectivity index (χ2v) is 6.55. The molecule has 1 atom stereocenters. The molecule has 1 saturated heterocycles. The standard InChI is InChI=1S/C20H19FN4O2/c21-15-6-3-5-14(11-15)12-16-13-24-19(27-16)17-7-1-2-10-25(17)20(26)18-22-8-4-9-23-18/h3-6,8-9,11,13,17H,1-2,7,10,12H2/t17-/m1/s1. The summed E-state index contributed by atoms with van der Waals surface area (Å²) in [6.07, 6.45) is 7.91. The maximum absolute atomic E-state index is 13.4. The van der Waals surface area contributed by atoms with Gasteiger partial charge < -0.3 is 9.32 Å². The normalized spacial score (nSPS) is 17.1. The molecule has 0 N–H and O–H groups in total. The maximum atomic E-state index is 13.4. The molecule has 0 radical (unpaired) electrons. The summed E-state index contributed by atoms with van der Waals surface area (Å²) in [7, 11) is 0. The lowest BCUT2D eigenvalue weighted by Gasteiger charge is -2.33. The van der Waals surface area contributed by atoms with E-state index in [9.17, 15) is 9.18 Å². The molecule has 1 aromatic carbocycles. The Morgan fingerprint density at radius 1 is 1.19 bits per heavy atom. The van der Waals surface area contributed by atoms with Crippen molar-refractivity contribution in [3.63, 3.8) is 0 Å². The first-order chi connectivity index (χ1) is 13.2. The molecule has 3 aromatic rings. The van der Waals surface area contributed by atoms with Crippen LogP contribution in [0.5, 0.6) is 0 Å². The fourth-order valence-electron chi connectivity index (χ4n) is 3.38. The molecular weight excluding hydrogens is 347 g/mol. The summed E-state index contributed by atoms with van der Waals surface area (Å²) in [6.45, 7) is 0.614. The summed E-state index contributed by atoms with van der Waals surface area (Å²) in [5.41, 5.74) is 0.812. The minimum atomic E-state index is -0.279. The molecule has 1 aliphatic rings. The van der Waals surface area contributed by atoms with Gasteiger partial charge in [-0.1, -0.05) is 12.1 Å². The Balaban J connectivity index is 1.54. The van der Waals surface area contributed by atoms with E-state index in [1.165, 1.54) is 12.1 Å². The number of oxazole rings is 1. The molecule has 138 valence electrons. The summed E-state index contributed by atoms with van der Waals surface area (Å²) in [6, 6.07) is 7.84. The van der Waals surface area contributed by atoms with Crippen molar-refractivity contribution in [2.45, 2.75) is 31.7 Å². The van der Waals surface area contributed by atoms with Gasteiger partial charge in [0.25, 0.3) is 5.91 Å². The van der Waals surface area contributed by atoms with Gasteiger partial charge in [0.2, 0.25) is 11.7 Å². The van der Waals surface area contributed by atoms with Gasteiger partial charge in [-0.2, -0.15) is 0 Å². The lowest BCUT2D eigenvalue weighted by atomic mass is 10.0. The quantitative estimate of drug-likeness (QED) is 0.706. The summed E-state index contributed by atoms with van der Waals surface area (Å²) in [4.78, 5) is 27.1. The van der Waals surface area contributed by atoms with Crippen molar-refractivity contribution in [2.24, 2.45) is 0 Å². The molecule has 1 fully saturated rings. The van der Waals surface area contributed by atoms with Crippen LogP contribution in [0.3, 0.4) is 0 Å². The third kappa shape index (κ3) is 3.86. The minimum Gasteiger partial charge on any atom is -0.443 e. The van der Waals surface area contributed by atoms with Crippen molar-refractivity contribution in [3.05, 3.63) is 77.8 Å². The molecule has 7 heteroatoms. The molecule has 0 spiro atoms. The maximum Gasteiger partial charge on any atom is 0.292 e. The van der Waals surface area contributed by atoms with Gasteiger partial charge in [0.05, 0.1) is 6.20 Å². The summed E-state index contributed by atoms with van der Waals surface area (Å²) < 4.78 is 19.3. The van der Waals surface area contributed by atoms with Crippen LogP contribution in [0.15, 0.2) is 53.3 Å². The summed E-state index contributed by atoms with van der Waals surface area (Å²) in [5.74, 6) is 0.829. The van der Waals surface area contributed by atoms with Crippen LogP contribution >= 0.6 is 0 Å². The largest absolute Gasteiger partial charge is 0.443 e. The van der Waals surface area contributed by atoms with Crippen molar-refractivity contribution in [1.29, 1.82) is 0 Å². The number of piperidine rings is 1. The van der Waals surface area contributed by atoms with E-state index in [4.69, 9.17) is 4.42 Å². The van der Waals surface area contributed by atoms with Crippen molar-refractivity contribution in [2.75, 3.05) is 6.54 Å². The van der Waals surface area contributed by atoms with Crippen molar-refractivity contribution >= 4 is 5.91 Å². The Hall–Kier alpha value is -3.09. The summed E-state index contributed by atoms with van der Waals surface area (Å²) in [5, 5.41) is 0. The Morgan fingerprint density at radius 3 is 2.85 bits per heavy atom. The molecule has 6 nitrogen and oxygen atoms in total. The van der Waals surface area contributed by atoms with Gasteiger partial charge >= 0.3 is 0 Å². The second kappa shape index (κ2) is 7.65. The van der Waals surface area contributed by atoms with Crippen molar-refractivity contribution in [3.8, 4) is 0 Å². The number of rotatable bonds is 4. The van der Waals surface area contributed by atoms with Crippen LogP contribution < -0.4 is 0 Å². The van der Waals surface area contributed by atoms with Crippen LogP contribution in [0, 0.1) is 5.82 Å². The second-order valence-electron chi connectivity index (χ2n) is 6.55. The number of hydrogen-bond donors (Lipinski definition) is 0. The molecule has 0 saturated carbocycles. The van der Waals surface area contributed by atoms with Crippen LogP contribution in [0.1, 0.15) is 53.1 Å². The predicted molar refractivity (Wildman–Crippen MR) is 95.4 cm³/mol. The number of aromatic nitrogens is 3. The van der Waals surface area contributed by atoms with E-state index < -0.39 is 0 Å². The van der Waals surface area contributed by atoms with Gasteiger partial charge in [0.15, 0.2) is 0 Å². The molecule has 4 rings (SSSR count). The van der Waals surface area contributed by atoms with Gasteiger partial charge in [-0.15, -0.1) is 0 Å². The Bertz CT molecular complexity index is 928. The molecule has 0 aliphatic carbocycles. The highest BCUT2D eigenvalue weighted by Gasteiger charge is 2.33. The molecule has 2 aromatic heterocycles. The van der Waals surface area contributed by atoms with Gasteiger partial charge in [-0.05, 0) is 43.0 Å². The molecule has 1 amide bonds. The number of carbonyl (C=O) groups is 1. The number of hydrogen-bond acceptors (Lipinski definition) is 5. The van der Waals surface area contributed by atoms with E-state index in [0.29, 0.717) is 24.6 Å². The van der Waals surface area contributed by atoms with E-state index >= 15 is 0 Å². The first kappa shape index (κ1) is 17.3. The Kier molecular flexibility index (Phi) is 4.91. The highest BCUT2D eigenvalue weighted by molar-refractivity contribution is 5.90. The Morgan fingerprint density at radius 2 is 2.04 bits per heavy atom. The van der Waals surface area contributed by atoms with Gasteiger partial charge in [-0.25, -0.2) is 19.3 Å². The van der Waals surface area contributed by atoms with Crippen LogP contribution in [0.2, 0.25) is 0 Å². The fraction of sp³-hybridized carbons (Fsp3) is 0.300. The van der Waals surface area contributed by atoms with Crippen LogP contribution in [0.25, 0.3) is 0 Å². The highest BCUT2D eigenvalue weighted by Crippen LogP contribution is 2.31. The minimum absolute atomic E-state index is 0.177. The molecular formula is C20H19FN4O2. The molecule has 1 aliphatic heterocycles. The highest BCUT2D eigenvalue weighted by atomic mass is 19.1. The van der Waals surface area contributed by atoms with E-state index in [1.807, 2.05) is 6.07 Å². The van der Waals surface area contributed by atoms with E-state index in [-0.39, 0.29) is 23.6 Å². The van der Waals surface area contributed by atoms with Crippen LogP contribution in [0.4, 0.5) is 4.39 Å². The Labute approximate surface area is 156 Å². The lowest BCUT2D eigenvalue weighted by Crippen LogP contribution is -2.39. The smallest absolute Gasteiger partial charge is 0.292 e. The van der Waals surface area contributed by atoms with Crippen LogP contribution in [-0.4, -0.2) is 32.3 Å². The molecule has 3 heterocycles. The van der Waals surface area contributed by atoms with Crippen molar-refractivity contribution in [1.82, 2.24) is 19.9 Å². The lowest BCUT2D eigenvalue weighted by molar-refractivity contribution is 0.0557. The number of benzene rings is 1. The SMILES string of the molecule is O=C(c1ncccn1)N1CCCC[C@@H]1c1ncc(Cc2cccc(F)c2)o1. The number of carbonyl (C=O) groups excluding carboxylic acids is 1. The first-order valence-electron chi connectivity index (χ1n) is 8.98. The molecule has 27 heavy (non-hydrogen) atoms. The fourth-order valence-corrected chi connectivity index (χ4v) is 3.38.